The highest BCUT2D eigenvalue weighted by Crippen LogP contribution is 2.46. The van der Waals surface area contributed by atoms with Crippen molar-refractivity contribution in [2.24, 2.45) is 17.8 Å². The van der Waals surface area contributed by atoms with Gasteiger partial charge in [0.15, 0.2) is 6.29 Å². The number of aliphatic hydroxyl groups is 4. The van der Waals surface area contributed by atoms with Crippen molar-refractivity contribution in [1.82, 2.24) is 0 Å². The molecular formula is C16H24O8. The molecule has 8 nitrogen and oxygen atoms in total. The van der Waals surface area contributed by atoms with Crippen LogP contribution in [0, 0.1) is 17.8 Å². The predicted octanol–water partition coefficient (Wildman–Crippen LogP) is -1.10. The monoisotopic (exact) mass is 344 g/mol. The summed E-state index contributed by atoms with van der Waals surface area (Å²) in [6.45, 7) is 1.53. The van der Waals surface area contributed by atoms with Crippen LogP contribution in [0.2, 0.25) is 0 Å². The van der Waals surface area contributed by atoms with Crippen molar-refractivity contribution >= 4 is 6.29 Å². The molecule has 136 valence electrons. The lowest BCUT2D eigenvalue weighted by Crippen LogP contribution is -2.60. The van der Waals surface area contributed by atoms with Gasteiger partial charge in [-0.25, -0.2) is 0 Å². The minimum atomic E-state index is -1.50. The van der Waals surface area contributed by atoms with Crippen LogP contribution < -0.4 is 0 Å². The van der Waals surface area contributed by atoms with E-state index in [2.05, 4.69) is 0 Å². The van der Waals surface area contributed by atoms with Crippen molar-refractivity contribution in [1.29, 1.82) is 0 Å². The highest BCUT2D eigenvalue weighted by Gasteiger charge is 2.49. The first-order valence-electron chi connectivity index (χ1n) is 8.24. The van der Waals surface area contributed by atoms with E-state index in [0.29, 0.717) is 5.57 Å². The van der Waals surface area contributed by atoms with E-state index in [1.807, 2.05) is 6.92 Å². The number of aldehydes is 1. The zero-order chi connectivity index (χ0) is 17.4. The largest absolute Gasteiger partial charge is 0.472 e. The molecule has 2 heterocycles. The Hall–Kier alpha value is -1.03. The van der Waals surface area contributed by atoms with E-state index < -0.39 is 43.6 Å². The Kier molecular flexibility index (Phi) is 5.24. The maximum absolute atomic E-state index is 11.2. The van der Waals surface area contributed by atoms with Crippen LogP contribution in [0.25, 0.3) is 0 Å². The second kappa shape index (κ2) is 7.07. The Labute approximate surface area is 139 Å². The molecule has 1 aliphatic carbocycles. The number of hydrogen-bond acceptors (Lipinski definition) is 8. The second-order valence-electron chi connectivity index (χ2n) is 6.81. The molecule has 2 aliphatic heterocycles. The van der Waals surface area contributed by atoms with Crippen LogP contribution in [-0.4, -0.2) is 70.3 Å². The number of carbonyl (C=O) groups excluding carboxylic acids is 1. The van der Waals surface area contributed by atoms with Crippen molar-refractivity contribution < 1.29 is 39.4 Å². The Balaban J connectivity index is 1.75. The molecule has 0 aromatic carbocycles. The lowest BCUT2D eigenvalue weighted by molar-refractivity contribution is -0.342. The molecule has 1 saturated carbocycles. The fraction of sp³-hybridized carbons (Fsp3) is 0.812. The minimum Gasteiger partial charge on any atom is -0.472 e. The molecule has 24 heavy (non-hydrogen) atoms. The van der Waals surface area contributed by atoms with Gasteiger partial charge >= 0.3 is 0 Å². The van der Waals surface area contributed by atoms with Crippen LogP contribution in [-0.2, 0) is 19.0 Å². The van der Waals surface area contributed by atoms with Gasteiger partial charge in [-0.2, -0.15) is 0 Å². The van der Waals surface area contributed by atoms with E-state index >= 15 is 0 Å². The van der Waals surface area contributed by atoms with Crippen LogP contribution in [0.15, 0.2) is 11.8 Å². The van der Waals surface area contributed by atoms with Crippen LogP contribution in [0.5, 0.6) is 0 Å². The normalized spacial score (nSPS) is 48.4. The summed E-state index contributed by atoms with van der Waals surface area (Å²) < 4.78 is 16.6. The summed E-state index contributed by atoms with van der Waals surface area (Å²) in [5.41, 5.74) is 0.595. The summed E-state index contributed by atoms with van der Waals surface area (Å²) in [4.78, 5) is 11.2. The lowest BCUT2D eigenvalue weighted by atomic mass is 9.84. The van der Waals surface area contributed by atoms with E-state index in [0.717, 1.165) is 19.1 Å². The first-order chi connectivity index (χ1) is 11.5. The molecule has 0 radical (unpaired) electrons. The van der Waals surface area contributed by atoms with Gasteiger partial charge in [-0.05, 0) is 24.7 Å². The fourth-order valence-corrected chi connectivity index (χ4v) is 3.94. The van der Waals surface area contributed by atoms with Crippen LogP contribution in [0.3, 0.4) is 0 Å². The standard InChI is InChI=1S/C16H24O8/c1-7-2-3-9-8(4-17)6-22-15(11(7)9)24-16-14(21)13(20)12(19)10(5-18)23-16/h4,6-7,9-16,18-21H,2-3,5H2,1H3/t7?,9?,10-,11?,12-,13+,14-,15?,16+/m1/s1. The SMILES string of the molecule is CC1CCC2C(C=O)=COC(O[C@@H]3O[C@H](CO)[C@@H](O)[C@H](O)[C@H]3O)C12. The van der Waals surface area contributed by atoms with E-state index in [1.165, 1.54) is 6.26 Å². The number of allylic oxidation sites excluding steroid dienone is 1. The average molecular weight is 344 g/mol. The van der Waals surface area contributed by atoms with Gasteiger partial charge in [0.25, 0.3) is 0 Å². The minimum absolute atomic E-state index is 0.0288. The van der Waals surface area contributed by atoms with Gasteiger partial charge in [0, 0.05) is 11.5 Å². The summed E-state index contributed by atoms with van der Waals surface area (Å²) in [6.07, 6.45) is -3.47. The third-order valence-electron chi connectivity index (χ3n) is 5.39. The first kappa shape index (κ1) is 17.8. The molecule has 4 N–H and O–H groups in total. The zero-order valence-electron chi connectivity index (χ0n) is 13.4. The Morgan fingerprint density at radius 3 is 2.62 bits per heavy atom. The average Bonchev–Trinajstić information content (AvgIpc) is 2.98. The number of ether oxygens (including phenoxy) is 3. The molecule has 3 rings (SSSR count). The van der Waals surface area contributed by atoms with Crippen LogP contribution in [0.1, 0.15) is 19.8 Å². The van der Waals surface area contributed by atoms with E-state index in [1.54, 1.807) is 0 Å². The first-order valence-corrected chi connectivity index (χ1v) is 8.24. The topological polar surface area (TPSA) is 126 Å². The van der Waals surface area contributed by atoms with Gasteiger partial charge in [0.05, 0.1) is 12.9 Å². The molecule has 1 saturated heterocycles. The molecular weight excluding hydrogens is 320 g/mol. The van der Waals surface area contributed by atoms with E-state index in [4.69, 9.17) is 14.2 Å². The van der Waals surface area contributed by atoms with Crippen molar-refractivity contribution in [3.05, 3.63) is 11.8 Å². The maximum Gasteiger partial charge on any atom is 0.205 e. The van der Waals surface area contributed by atoms with Crippen molar-refractivity contribution in [3.8, 4) is 0 Å². The second-order valence-corrected chi connectivity index (χ2v) is 6.81. The number of carbonyl (C=O) groups is 1. The molecule has 3 aliphatic rings. The molecule has 0 aromatic rings. The van der Waals surface area contributed by atoms with Gasteiger partial charge in [-0.1, -0.05) is 6.92 Å². The number of fused-ring (bicyclic) bond motifs is 1. The summed E-state index contributed by atoms with van der Waals surface area (Å²) in [5, 5.41) is 39.0. The highest BCUT2D eigenvalue weighted by molar-refractivity contribution is 5.74. The zero-order valence-corrected chi connectivity index (χ0v) is 13.4. The predicted molar refractivity (Wildman–Crippen MR) is 79.3 cm³/mol. The Morgan fingerprint density at radius 1 is 1.21 bits per heavy atom. The van der Waals surface area contributed by atoms with Gasteiger partial charge in [-0.3, -0.25) is 4.79 Å². The molecule has 0 amide bonds. The van der Waals surface area contributed by atoms with Crippen LogP contribution >= 0.6 is 0 Å². The third kappa shape index (κ3) is 2.98. The summed E-state index contributed by atoms with van der Waals surface area (Å²) in [6, 6.07) is 0. The molecule has 9 atom stereocenters. The molecule has 4 unspecified atom stereocenters. The molecule has 0 bridgehead atoms. The van der Waals surface area contributed by atoms with Gasteiger partial charge in [0.2, 0.25) is 6.29 Å². The summed E-state index contributed by atoms with van der Waals surface area (Å²) >= 11 is 0. The van der Waals surface area contributed by atoms with Crippen molar-refractivity contribution in [2.75, 3.05) is 6.61 Å². The summed E-state index contributed by atoms with van der Waals surface area (Å²) in [7, 11) is 0. The number of aliphatic hydroxyl groups excluding tert-OH is 4. The quantitative estimate of drug-likeness (QED) is 0.474. The van der Waals surface area contributed by atoms with E-state index in [9.17, 15) is 25.2 Å². The van der Waals surface area contributed by atoms with E-state index in [-0.39, 0.29) is 17.8 Å². The number of rotatable bonds is 4. The van der Waals surface area contributed by atoms with Crippen molar-refractivity contribution in [3.63, 3.8) is 0 Å². The molecule has 0 aromatic heterocycles. The smallest absolute Gasteiger partial charge is 0.205 e. The molecule has 0 spiro atoms. The highest BCUT2D eigenvalue weighted by atomic mass is 16.8. The Morgan fingerprint density at radius 2 is 1.96 bits per heavy atom. The van der Waals surface area contributed by atoms with Crippen molar-refractivity contribution in [2.45, 2.75) is 56.8 Å². The van der Waals surface area contributed by atoms with Gasteiger partial charge < -0.3 is 34.6 Å². The van der Waals surface area contributed by atoms with Gasteiger partial charge in [0.1, 0.15) is 30.7 Å². The summed E-state index contributed by atoms with van der Waals surface area (Å²) in [5.74, 6) is 0.220. The lowest BCUT2D eigenvalue weighted by Gasteiger charge is -2.43. The fourth-order valence-electron chi connectivity index (χ4n) is 3.94. The molecule has 2 fully saturated rings. The maximum atomic E-state index is 11.2. The third-order valence-corrected chi connectivity index (χ3v) is 5.39. The molecule has 8 heteroatoms. The van der Waals surface area contributed by atoms with Crippen LogP contribution in [0.4, 0.5) is 0 Å². The Bertz CT molecular complexity index is 492. The number of hydrogen-bond donors (Lipinski definition) is 4. The van der Waals surface area contributed by atoms with Gasteiger partial charge in [-0.15, -0.1) is 0 Å².